The minimum atomic E-state index is -4.57. The molecule has 1 aromatic heterocycles. The summed E-state index contributed by atoms with van der Waals surface area (Å²) in [6, 6.07) is 3.03. The molecule has 0 atom stereocenters. The van der Waals surface area contributed by atoms with Crippen molar-refractivity contribution in [1.82, 2.24) is 4.98 Å². The van der Waals surface area contributed by atoms with Crippen molar-refractivity contribution in [3.63, 3.8) is 0 Å². The Kier molecular flexibility index (Phi) is 3.78. The lowest BCUT2D eigenvalue weighted by Gasteiger charge is -2.15. The van der Waals surface area contributed by atoms with Crippen molar-refractivity contribution < 1.29 is 13.2 Å². The average Bonchev–Trinajstić information content (AvgIpc) is 2.39. The Balaban J connectivity index is 2.80. The number of rotatable bonds is 2. The molecule has 0 aliphatic heterocycles. The van der Waals surface area contributed by atoms with E-state index in [2.05, 4.69) is 4.98 Å². The molecule has 110 valence electrons. The van der Waals surface area contributed by atoms with Gasteiger partial charge < -0.3 is 16.9 Å². The monoisotopic (exact) mass is 314 g/mol. The second kappa shape index (κ2) is 5.25. The predicted molar refractivity (Wildman–Crippen MR) is 76.4 cm³/mol. The summed E-state index contributed by atoms with van der Waals surface area (Å²) in [6.07, 6.45) is -2.42. The number of benzene rings is 1. The van der Waals surface area contributed by atoms with E-state index in [0.717, 1.165) is 18.3 Å². The zero-order chi connectivity index (χ0) is 15.8. The molecule has 0 saturated carbocycles. The van der Waals surface area contributed by atoms with Crippen LogP contribution >= 0.6 is 11.6 Å². The average molecular weight is 315 g/mol. The Morgan fingerprint density at radius 3 is 2.38 bits per heavy atom. The van der Waals surface area contributed by atoms with E-state index in [0.29, 0.717) is 0 Å². The molecule has 0 amide bonds. The second-order valence-electron chi connectivity index (χ2n) is 4.26. The van der Waals surface area contributed by atoms with Crippen molar-refractivity contribution in [3.05, 3.63) is 40.5 Å². The summed E-state index contributed by atoms with van der Waals surface area (Å²) >= 11 is 5.80. The number of hydrogen-bond donors (Lipinski definition) is 3. The molecule has 1 aromatic carbocycles. The quantitative estimate of drug-likeness (QED) is 0.584. The third-order valence-corrected chi connectivity index (χ3v) is 3.07. The largest absolute Gasteiger partial charge is 0.416 e. The van der Waals surface area contributed by atoms with Gasteiger partial charge in [-0.25, -0.2) is 4.98 Å². The lowest BCUT2D eigenvalue weighted by Crippen LogP contribution is -2.09. The molecule has 0 unspecified atom stereocenters. The van der Waals surface area contributed by atoms with Crippen LogP contribution in [-0.4, -0.2) is 11.2 Å². The van der Waals surface area contributed by atoms with Gasteiger partial charge in [0.05, 0.1) is 10.6 Å². The molecule has 21 heavy (non-hydrogen) atoms. The van der Waals surface area contributed by atoms with Crippen molar-refractivity contribution >= 4 is 29.3 Å². The van der Waals surface area contributed by atoms with Gasteiger partial charge in [-0.3, -0.25) is 0 Å². The Morgan fingerprint density at radius 1 is 1.14 bits per heavy atom. The van der Waals surface area contributed by atoms with Gasteiger partial charge in [0.1, 0.15) is 5.82 Å². The first kappa shape index (κ1) is 15.1. The highest BCUT2D eigenvalue weighted by Crippen LogP contribution is 2.38. The van der Waals surface area contributed by atoms with Crippen molar-refractivity contribution in [2.75, 3.05) is 11.5 Å². The third kappa shape index (κ3) is 2.92. The van der Waals surface area contributed by atoms with Crippen LogP contribution in [0.2, 0.25) is 5.02 Å². The van der Waals surface area contributed by atoms with Crippen LogP contribution in [0.15, 0.2) is 24.4 Å². The molecule has 0 radical (unpaired) electrons. The lowest BCUT2D eigenvalue weighted by molar-refractivity contribution is -0.137. The number of halogens is 4. The first-order chi connectivity index (χ1) is 9.74. The van der Waals surface area contributed by atoms with Gasteiger partial charge in [0.25, 0.3) is 0 Å². The summed E-state index contributed by atoms with van der Waals surface area (Å²) in [6.45, 7) is 0. The Bertz CT molecular complexity index is 713. The Labute approximate surface area is 123 Å². The molecule has 2 aromatic rings. The Hall–Kier alpha value is -2.28. The van der Waals surface area contributed by atoms with E-state index in [-0.39, 0.29) is 33.2 Å². The molecular weight excluding hydrogens is 305 g/mol. The summed E-state index contributed by atoms with van der Waals surface area (Å²) in [5, 5.41) is 7.56. The van der Waals surface area contributed by atoms with E-state index in [4.69, 9.17) is 28.5 Å². The topological polar surface area (TPSA) is 88.8 Å². The fraction of sp³-hybridized carbons (Fsp3) is 0.0769. The molecule has 0 saturated heterocycles. The summed E-state index contributed by atoms with van der Waals surface area (Å²) in [4.78, 5) is 3.80. The number of nitrogens with one attached hydrogen (secondary N) is 1. The van der Waals surface area contributed by atoms with Gasteiger partial charge in [-0.2, -0.15) is 13.2 Å². The highest BCUT2D eigenvalue weighted by atomic mass is 35.5. The van der Waals surface area contributed by atoms with Gasteiger partial charge in [0.15, 0.2) is 0 Å². The first-order valence-electron chi connectivity index (χ1n) is 5.66. The van der Waals surface area contributed by atoms with Crippen molar-refractivity contribution in [3.8, 4) is 11.1 Å². The van der Waals surface area contributed by atoms with Gasteiger partial charge >= 0.3 is 6.18 Å². The summed E-state index contributed by atoms with van der Waals surface area (Å²) in [5.41, 5.74) is 10.6. The minimum absolute atomic E-state index is 0.00113. The van der Waals surface area contributed by atoms with Crippen molar-refractivity contribution in [2.45, 2.75) is 6.18 Å². The molecule has 2 rings (SSSR count). The van der Waals surface area contributed by atoms with Gasteiger partial charge in [0, 0.05) is 29.2 Å². The van der Waals surface area contributed by atoms with Gasteiger partial charge in [-0.15, -0.1) is 0 Å². The maximum atomic E-state index is 12.9. The van der Waals surface area contributed by atoms with Gasteiger partial charge in [0.2, 0.25) is 0 Å². The van der Waals surface area contributed by atoms with Crippen LogP contribution in [0.25, 0.3) is 11.1 Å². The molecule has 5 N–H and O–H groups in total. The minimum Gasteiger partial charge on any atom is -0.398 e. The highest BCUT2D eigenvalue weighted by molar-refractivity contribution is 6.30. The SMILES string of the molecule is N=Cc1c(N)cc(C(F)(F)F)cc1-c1cc(Cl)cnc1N. The van der Waals surface area contributed by atoms with E-state index >= 15 is 0 Å². The molecular formula is C13H10ClF3N4. The zero-order valence-corrected chi connectivity index (χ0v) is 11.3. The number of nitrogens with two attached hydrogens (primary N) is 2. The number of aromatic nitrogens is 1. The molecule has 4 nitrogen and oxygen atoms in total. The van der Waals surface area contributed by atoms with Crippen LogP contribution in [0.5, 0.6) is 0 Å². The van der Waals surface area contributed by atoms with Crippen LogP contribution in [0, 0.1) is 5.41 Å². The van der Waals surface area contributed by atoms with E-state index in [1.165, 1.54) is 12.3 Å². The fourth-order valence-corrected chi connectivity index (χ4v) is 2.05. The molecule has 0 bridgehead atoms. The second-order valence-corrected chi connectivity index (χ2v) is 4.69. The molecule has 1 heterocycles. The van der Waals surface area contributed by atoms with Crippen LogP contribution in [0.3, 0.4) is 0 Å². The Morgan fingerprint density at radius 2 is 1.81 bits per heavy atom. The fourth-order valence-electron chi connectivity index (χ4n) is 1.89. The smallest absolute Gasteiger partial charge is 0.398 e. The third-order valence-electron chi connectivity index (χ3n) is 2.86. The number of nitrogen functional groups attached to an aromatic ring is 2. The molecule has 0 fully saturated rings. The molecule has 0 spiro atoms. The highest BCUT2D eigenvalue weighted by Gasteiger charge is 2.32. The summed E-state index contributed by atoms with van der Waals surface area (Å²) in [7, 11) is 0. The first-order valence-corrected chi connectivity index (χ1v) is 6.04. The number of anilines is 2. The van der Waals surface area contributed by atoms with Crippen LogP contribution in [-0.2, 0) is 6.18 Å². The summed E-state index contributed by atoms with van der Waals surface area (Å²) in [5.74, 6) is 0.00113. The standard InChI is InChI=1S/C13H10ClF3N4/c14-7-3-9(12(20)21-5-7)8-1-6(13(15,16)17)2-11(19)10(8)4-18/h1-5,18H,19H2,(H2,20,21). The van der Waals surface area contributed by atoms with Crippen LogP contribution in [0.1, 0.15) is 11.1 Å². The van der Waals surface area contributed by atoms with Gasteiger partial charge in [-0.05, 0) is 23.8 Å². The zero-order valence-electron chi connectivity index (χ0n) is 10.5. The van der Waals surface area contributed by atoms with Crippen molar-refractivity contribution in [2.24, 2.45) is 0 Å². The van der Waals surface area contributed by atoms with Crippen LogP contribution < -0.4 is 11.5 Å². The van der Waals surface area contributed by atoms with E-state index in [1.807, 2.05) is 0 Å². The maximum Gasteiger partial charge on any atom is 0.416 e. The van der Waals surface area contributed by atoms with Crippen LogP contribution in [0.4, 0.5) is 24.7 Å². The number of hydrogen-bond acceptors (Lipinski definition) is 4. The maximum absolute atomic E-state index is 12.9. The number of pyridine rings is 1. The molecule has 8 heteroatoms. The van der Waals surface area contributed by atoms with E-state index in [1.54, 1.807) is 0 Å². The molecule has 0 aliphatic carbocycles. The normalized spacial score (nSPS) is 11.4. The van der Waals surface area contributed by atoms with Gasteiger partial charge in [-0.1, -0.05) is 11.6 Å². The molecule has 0 aliphatic rings. The summed E-state index contributed by atoms with van der Waals surface area (Å²) < 4.78 is 38.7. The predicted octanol–water partition coefficient (Wildman–Crippen LogP) is 3.58. The lowest BCUT2D eigenvalue weighted by atomic mass is 9.96. The van der Waals surface area contributed by atoms with E-state index < -0.39 is 11.7 Å². The van der Waals surface area contributed by atoms with E-state index in [9.17, 15) is 13.2 Å². The van der Waals surface area contributed by atoms with Crippen molar-refractivity contribution in [1.29, 1.82) is 5.41 Å². The number of alkyl halides is 3. The number of nitrogens with zero attached hydrogens (tertiary/aromatic N) is 1.